The van der Waals surface area contributed by atoms with Crippen molar-refractivity contribution in [1.29, 1.82) is 0 Å². The van der Waals surface area contributed by atoms with Gasteiger partial charge in [-0.3, -0.25) is 14.5 Å². The molecular formula is C25H26ClN3O3. The van der Waals surface area contributed by atoms with Crippen LogP contribution >= 0.6 is 11.6 Å². The number of fused-ring (bicyclic) bond motifs is 3. The molecule has 166 valence electrons. The Kier molecular flexibility index (Phi) is 5.13. The Morgan fingerprint density at radius 1 is 1.16 bits per heavy atom. The van der Waals surface area contributed by atoms with Crippen LogP contribution in [0.4, 0.5) is 5.69 Å². The molecule has 1 saturated carbocycles. The van der Waals surface area contributed by atoms with Gasteiger partial charge in [0.2, 0.25) is 5.91 Å². The van der Waals surface area contributed by atoms with E-state index < -0.39 is 5.54 Å². The van der Waals surface area contributed by atoms with E-state index in [0.717, 1.165) is 36.6 Å². The number of carbonyl (C=O) groups excluding carboxylic acids is 2. The first-order valence-electron chi connectivity index (χ1n) is 11.0. The highest BCUT2D eigenvalue weighted by molar-refractivity contribution is 6.31. The van der Waals surface area contributed by atoms with Gasteiger partial charge in [-0.05, 0) is 56.2 Å². The maximum atomic E-state index is 13.9. The summed E-state index contributed by atoms with van der Waals surface area (Å²) in [5, 5.41) is 4.66. The fourth-order valence-corrected chi connectivity index (χ4v) is 5.21. The van der Waals surface area contributed by atoms with E-state index in [-0.39, 0.29) is 17.9 Å². The lowest BCUT2D eigenvalue weighted by Crippen LogP contribution is -2.65. The van der Waals surface area contributed by atoms with Crippen molar-refractivity contribution in [3.05, 3.63) is 59.2 Å². The zero-order chi connectivity index (χ0) is 22.5. The van der Waals surface area contributed by atoms with Crippen molar-refractivity contribution < 1.29 is 14.3 Å². The highest BCUT2D eigenvalue weighted by Gasteiger charge is 2.49. The summed E-state index contributed by atoms with van der Waals surface area (Å²) < 4.78 is 7.34. The molecule has 5 rings (SSSR count). The number of nitrogens with one attached hydrogen (secondary N) is 1. The molecule has 1 aromatic heterocycles. The molecule has 7 heteroatoms. The van der Waals surface area contributed by atoms with Gasteiger partial charge in [0, 0.05) is 28.2 Å². The molecule has 2 amide bonds. The standard InChI is InChI=1S/C25H26ClN3O3/c1-25(24(31)27-18-7-3-4-8-18)15-28-21-14-20(32-2)11-10-16(21)12-22(28)23(30)29(25)19-9-5-6-17(26)13-19/h5-6,9-14,18H,3-4,7-8,15H2,1-2H3,(H,27,31)/t25-/m0/s1. The molecule has 1 atom stereocenters. The molecule has 0 bridgehead atoms. The second kappa shape index (κ2) is 7.85. The summed E-state index contributed by atoms with van der Waals surface area (Å²) in [5.41, 5.74) is 0.908. The number of carbonyl (C=O) groups is 2. The summed E-state index contributed by atoms with van der Waals surface area (Å²) >= 11 is 6.26. The largest absolute Gasteiger partial charge is 0.497 e. The molecule has 1 aliphatic heterocycles. The van der Waals surface area contributed by atoms with E-state index in [1.165, 1.54) is 0 Å². The Bertz CT molecular complexity index is 1210. The molecule has 2 heterocycles. The average molecular weight is 452 g/mol. The van der Waals surface area contributed by atoms with Crippen molar-refractivity contribution in [2.75, 3.05) is 12.0 Å². The molecule has 0 spiro atoms. The van der Waals surface area contributed by atoms with E-state index >= 15 is 0 Å². The second-order valence-corrected chi connectivity index (χ2v) is 9.33. The van der Waals surface area contributed by atoms with Crippen molar-refractivity contribution in [3.63, 3.8) is 0 Å². The van der Waals surface area contributed by atoms with E-state index in [1.54, 1.807) is 30.2 Å². The Morgan fingerprint density at radius 2 is 1.94 bits per heavy atom. The molecule has 0 unspecified atom stereocenters. The highest BCUT2D eigenvalue weighted by Crippen LogP contribution is 2.37. The first-order valence-corrected chi connectivity index (χ1v) is 11.4. The lowest BCUT2D eigenvalue weighted by atomic mass is 9.93. The van der Waals surface area contributed by atoms with Gasteiger partial charge < -0.3 is 14.6 Å². The van der Waals surface area contributed by atoms with Crippen LogP contribution in [0.15, 0.2) is 48.5 Å². The number of ether oxygens (including phenoxy) is 1. The van der Waals surface area contributed by atoms with Crippen LogP contribution in [0.3, 0.4) is 0 Å². The molecule has 0 radical (unpaired) electrons. The maximum absolute atomic E-state index is 13.9. The van der Waals surface area contributed by atoms with Crippen molar-refractivity contribution >= 4 is 40.0 Å². The topological polar surface area (TPSA) is 63.6 Å². The van der Waals surface area contributed by atoms with Gasteiger partial charge in [-0.25, -0.2) is 0 Å². The summed E-state index contributed by atoms with van der Waals surface area (Å²) in [7, 11) is 1.62. The predicted molar refractivity (Wildman–Crippen MR) is 126 cm³/mol. The zero-order valence-corrected chi connectivity index (χ0v) is 19.0. The smallest absolute Gasteiger partial charge is 0.275 e. The van der Waals surface area contributed by atoms with Gasteiger partial charge in [0.15, 0.2) is 0 Å². The fraction of sp³-hybridized carbons (Fsp3) is 0.360. The summed E-state index contributed by atoms with van der Waals surface area (Å²) in [6.45, 7) is 2.17. The van der Waals surface area contributed by atoms with Crippen LogP contribution in [-0.4, -0.2) is 35.1 Å². The van der Waals surface area contributed by atoms with E-state index in [9.17, 15) is 9.59 Å². The third kappa shape index (κ3) is 3.34. The lowest BCUT2D eigenvalue weighted by Gasteiger charge is -2.44. The van der Waals surface area contributed by atoms with Gasteiger partial charge >= 0.3 is 0 Å². The monoisotopic (exact) mass is 451 g/mol. The summed E-state index contributed by atoms with van der Waals surface area (Å²) in [4.78, 5) is 29.2. The quantitative estimate of drug-likeness (QED) is 0.620. The number of amides is 2. The molecule has 2 aromatic carbocycles. The van der Waals surface area contributed by atoms with Crippen molar-refractivity contribution in [3.8, 4) is 5.75 Å². The molecular weight excluding hydrogens is 426 g/mol. The Hall–Kier alpha value is -2.99. The lowest BCUT2D eigenvalue weighted by molar-refractivity contribution is -0.127. The maximum Gasteiger partial charge on any atom is 0.275 e. The van der Waals surface area contributed by atoms with Gasteiger partial charge in [-0.15, -0.1) is 0 Å². The van der Waals surface area contributed by atoms with E-state index in [0.29, 0.717) is 28.7 Å². The minimum Gasteiger partial charge on any atom is -0.497 e. The third-order valence-corrected chi connectivity index (χ3v) is 6.97. The SMILES string of the molecule is COc1ccc2cc3n(c2c1)C[C@@](C)(C(=O)NC1CCCC1)N(c1cccc(Cl)c1)C3=O. The molecule has 0 saturated heterocycles. The number of anilines is 1. The first-order chi connectivity index (χ1) is 15.4. The number of rotatable bonds is 4. The zero-order valence-electron chi connectivity index (χ0n) is 18.2. The Labute approximate surface area is 192 Å². The van der Waals surface area contributed by atoms with Crippen LogP contribution in [0, 0.1) is 0 Å². The molecule has 6 nitrogen and oxygen atoms in total. The molecule has 2 aliphatic rings. The van der Waals surface area contributed by atoms with Gasteiger partial charge in [0.1, 0.15) is 17.0 Å². The van der Waals surface area contributed by atoms with Crippen LogP contribution < -0.4 is 15.0 Å². The molecule has 1 N–H and O–H groups in total. The van der Waals surface area contributed by atoms with Crippen LogP contribution in [0.25, 0.3) is 10.9 Å². The molecule has 1 aliphatic carbocycles. The number of halogens is 1. The number of aromatic nitrogens is 1. The van der Waals surface area contributed by atoms with Crippen molar-refractivity contribution in [2.24, 2.45) is 0 Å². The highest BCUT2D eigenvalue weighted by atomic mass is 35.5. The summed E-state index contributed by atoms with van der Waals surface area (Å²) in [6.07, 6.45) is 4.18. The first kappa shape index (κ1) is 20.9. The minimum atomic E-state index is -1.12. The van der Waals surface area contributed by atoms with Crippen LogP contribution in [-0.2, 0) is 11.3 Å². The number of methoxy groups -OCH3 is 1. The number of benzene rings is 2. The number of nitrogens with zero attached hydrogens (tertiary/aromatic N) is 2. The fourth-order valence-electron chi connectivity index (χ4n) is 5.03. The van der Waals surface area contributed by atoms with E-state index in [2.05, 4.69) is 5.32 Å². The van der Waals surface area contributed by atoms with Crippen molar-refractivity contribution in [2.45, 2.75) is 50.7 Å². The summed E-state index contributed by atoms with van der Waals surface area (Å²) in [5.74, 6) is 0.339. The van der Waals surface area contributed by atoms with Gasteiger partial charge in [-0.1, -0.05) is 30.5 Å². The normalized spacial score (nSPS) is 21.1. The minimum absolute atomic E-state index is 0.145. The number of hydrogen-bond acceptors (Lipinski definition) is 3. The predicted octanol–water partition coefficient (Wildman–Crippen LogP) is 4.78. The Balaban J connectivity index is 1.65. The third-order valence-electron chi connectivity index (χ3n) is 6.74. The average Bonchev–Trinajstić information content (AvgIpc) is 3.41. The molecule has 32 heavy (non-hydrogen) atoms. The van der Waals surface area contributed by atoms with Gasteiger partial charge in [-0.2, -0.15) is 0 Å². The van der Waals surface area contributed by atoms with Crippen LogP contribution in [0.5, 0.6) is 5.75 Å². The van der Waals surface area contributed by atoms with E-state index in [4.69, 9.17) is 16.3 Å². The van der Waals surface area contributed by atoms with Crippen LogP contribution in [0.2, 0.25) is 5.02 Å². The van der Waals surface area contributed by atoms with Crippen molar-refractivity contribution in [1.82, 2.24) is 9.88 Å². The van der Waals surface area contributed by atoms with E-state index in [1.807, 2.05) is 41.8 Å². The van der Waals surface area contributed by atoms with Gasteiger partial charge in [0.05, 0.1) is 19.2 Å². The van der Waals surface area contributed by atoms with Gasteiger partial charge in [0.25, 0.3) is 5.91 Å². The number of hydrogen-bond donors (Lipinski definition) is 1. The molecule has 3 aromatic rings. The second-order valence-electron chi connectivity index (χ2n) is 8.89. The van der Waals surface area contributed by atoms with Crippen LogP contribution in [0.1, 0.15) is 43.1 Å². The Morgan fingerprint density at radius 3 is 2.66 bits per heavy atom. The molecule has 1 fully saturated rings. The summed E-state index contributed by atoms with van der Waals surface area (Å²) in [6, 6.07) is 14.9.